The zero-order chi connectivity index (χ0) is 10.8. The molecular weight excluding hydrogens is 308 g/mol. The first-order valence-corrected chi connectivity index (χ1v) is 4.87. The van der Waals surface area contributed by atoms with E-state index in [4.69, 9.17) is 4.74 Å². The highest BCUT2D eigenvalue weighted by atomic mass is 127. The Morgan fingerprint density at radius 2 is 1.93 bits per heavy atom. The SMILES string of the molecule is COCc1cc(I)cc(C(F)(F)F)c1. The van der Waals surface area contributed by atoms with Crippen LogP contribution in [-0.4, -0.2) is 7.11 Å². The molecule has 0 radical (unpaired) electrons. The topological polar surface area (TPSA) is 9.23 Å². The summed E-state index contributed by atoms with van der Waals surface area (Å²) in [5.74, 6) is 0. The van der Waals surface area contributed by atoms with Crippen molar-refractivity contribution < 1.29 is 17.9 Å². The predicted octanol–water partition coefficient (Wildman–Crippen LogP) is 3.46. The van der Waals surface area contributed by atoms with Crippen molar-refractivity contribution >= 4 is 22.6 Å². The lowest BCUT2D eigenvalue weighted by Crippen LogP contribution is -2.06. The summed E-state index contributed by atoms with van der Waals surface area (Å²) < 4.78 is 42.4. The highest BCUT2D eigenvalue weighted by Gasteiger charge is 2.30. The van der Waals surface area contributed by atoms with Crippen LogP contribution in [0.15, 0.2) is 18.2 Å². The van der Waals surface area contributed by atoms with Crippen LogP contribution in [0.2, 0.25) is 0 Å². The molecule has 0 heterocycles. The monoisotopic (exact) mass is 316 g/mol. The third-order valence-electron chi connectivity index (χ3n) is 1.60. The molecule has 0 spiro atoms. The lowest BCUT2D eigenvalue weighted by molar-refractivity contribution is -0.137. The molecule has 0 N–H and O–H groups in total. The van der Waals surface area contributed by atoms with Crippen LogP contribution in [0.4, 0.5) is 13.2 Å². The first-order valence-electron chi connectivity index (χ1n) is 3.79. The fourth-order valence-electron chi connectivity index (χ4n) is 1.06. The summed E-state index contributed by atoms with van der Waals surface area (Å²) in [7, 11) is 1.45. The zero-order valence-corrected chi connectivity index (χ0v) is 9.52. The molecule has 0 saturated carbocycles. The minimum atomic E-state index is -4.29. The summed E-state index contributed by atoms with van der Waals surface area (Å²) in [5, 5.41) is 0. The fourth-order valence-corrected chi connectivity index (χ4v) is 1.80. The van der Waals surface area contributed by atoms with E-state index in [0.717, 1.165) is 12.1 Å². The van der Waals surface area contributed by atoms with Gasteiger partial charge in [0.05, 0.1) is 12.2 Å². The second-order valence-corrected chi connectivity index (χ2v) is 4.02. The van der Waals surface area contributed by atoms with Gasteiger partial charge in [-0.25, -0.2) is 0 Å². The Bertz CT molecular complexity index is 322. The van der Waals surface area contributed by atoms with E-state index >= 15 is 0 Å². The predicted molar refractivity (Wildman–Crippen MR) is 54.9 cm³/mol. The summed E-state index contributed by atoms with van der Waals surface area (Å²) in [6, 6.07) is 3.88. The third kappa shape index (κ3) is 3.13. The van der Waals surface area contributed by atoms with Crippen molar-refractivity contribution in [2.45, 2.75) is 12.8 Å². The van der Waals surface area contributed by atoms with E-state index in [0.29, 0.717) is 9.13 Å². The maximum Gasteiger partial charge on any atom is 0.416 e. The Morgan fingerprint density at radius 1 is 1.29 bits per heavy atom. The zero-order valence-electron chi connectivity index (χ0n) is 7.36. The van der Waals surface area contributed by atoms with E-state index in [1.165, 1.54) is 7.11 Å². The van der Waals surface area contributed by atoms with Gasteiger partial charge < -0.3 is 4.74 Å². The summed E-state index contributed by atoms with van der Waals surface area (Å²) in [6.45, 7) is 0.194. The summed E-state index contributed by atoms with van der Waals surface area (Å²) in [6.07, 6.45) is -4.29. The molecule has 14 heavy (non-hydrogen) atoms. The average molecular weight is 316 g/mol. The Hall–Kier alpha value is -0.300. The van der Waals surface area contributed by atoms with E-state index in [9.17, 15) is 13.2 Å². The van der Waals surface area contributed by atoms with Crippen LogP contribution in [-0.2, 0) is 17.5 Å². The van der Waals surface area contributed by atoms with Crippen molar-refractivity contribution in [3.05, 3.63) is 32.9 Å². The highest BCUT2D eigenvalue weighted by molar-refractivity contribution is 14.1. The molecule has 1 aromatic rings. The van der Waals surface area contributed by atoms with Crippen LogP contribution >= 0.6 is 22.6 Å². The molecule has 0 aromatic heterocycles. The molecule has 0 saturated heterocycles. The molecule has 0 aliphatic heterocycles. The van der Waals surface area contributed by atoms with Gasteiger partial charge >= 0.3 is 6.18 Å². The van der Waals surface area contributed by atoms with Gasteiger partial charge in [-0.1, -0.05) is 0 Å². The lowest BCUT2D eigenvalue weighted by atomic mass is 10.1. The first-order chi connectivity index (χ1) is 6.43. The van der Waals surface area contributed by atoms with Crippen molar-refractivity contribution in [2.24, 2.45) is 0 Å². The number of alkyl halides is 3. The molecular formula is C9H8F3IO. The second-order valence-electron chi connectivity index (χ2n) is 2.78. The smallest absolute Gasteiger partial charge is 0.380 e. The Kier molecular flexibility index (Phi) is 3.77. The molecule has 0 unspecified atom stereocenters. The standard InChI is InChI=1S/C9H8F3IO/c1-14-5-6-2-7(9(10,11)12)4-8(13)3-6/h2-4H,5H2,1H3. The molecule has 0 aliphatic rings. The molecule has 1 aromatic carbocycles. The van der Waals surface area contributed by atoms with E-state index in [1.54, 1.807) is 6.07 Å². The van der Waals surface area contributed by atoms with Gasteiger partial charge in [-0.15, -0.1) is 0 Å². The second kappa shape index (κ2) is 4.48. The summed E-state index contributed by atoms with van der Waals surface area (Å²) in [5.41, 5.74) is -0.0943. The molecule has 0 bridgehead atoms. The van der Waals surface area contributed by atoms with Gasteiger partial charge in [0.25, 0.3) is 0 Å². The van der Waals surface area contributed by atoms with Crippen LogP contribution in [0.3, 0.4) is 0 Å². The van der Waals surface area contributed by atoms with Crippen molar-refractivity contribution in [3.8, 4) is 0 Å². The van der Waals surface area contributed by atoms with Crippen LogP contribution in [0.25, 0.3) is 0 Å². The van der Waals surface area contributed by atoms with Gasteiger partial charge in [-0.3, -0.25) is 0 Å². The van der Waals surface area contributed by atoms with Gasteiger partial charge in [-0.05, 0) is 46.4 Å². The minimum Gasteiger partial charge on any atom is -0.380 e. The first kappa shape index (κ1) is 11.8. The lowest BCUT2D eigenvalue weighted by Gasteiger charge is -2.09. The van der Waals surface area contributed by atoms with Crippen LogP contribution in [0.1, 0.15) is 11.1 Å². The van der Waals surface area contributed by atoms with E-state index in [-0.39, 0.29) is 6.61 Å². The third-order valence-corrected chi connectivity index (χ3v) is 2.22. The largest absolute Gasteiger partial charge is 0.416 e. The van der Waals surface area contributed by atoms with Gasteiger partial charge in [0, 0.05) is 10.7 Å². The Labute approximate surface area is 93.4 Å². The van der Waals surface area contributed by atoms with Gasteiger partial charge in [-0.2, -0.15) is 13.2 Å². The van der Waals surface area contributed by atoms with Crippen molar-refractivity contribution in [1.29, 1.82) is 0 Å². The number of rotatable bonds is 2. The van der Waals surface area contributed by atoms with E-state index in [2.05, 4.69) is 0 Å². The molecule has 0 aliphatic carbocycles. The normalized spacial score (nSPS) is 11.8. The number of hydrogen-bond donors (Lipinski definition) is 0. The van der Waals surface area contributed by atoms with Gasteiger partial charge in [0.15, 0.2) is 0 Å². The quantitative estimate of drug-likeness (QED) is 0.760. The van der Waals surface area contributed by atoms with E-state index < -0.39 is 11.7 Å². The molecule has 0 amide bonds. The number of methoxy groups -OCH3 is 1. The number of ether oxygens (including phenoxy) is 1. The van der Waals surface area contributed by atoms with Crippen LogP contribution in [0.5, 0.6) is 0 Å². The summed E-state index contributed by atoms with van der Waals surface area (Å²) >= 11 is 1.86. The fraction of sp³-hybridized carbons (Fsp3) is 0.333. The maximum absolute atomic E-state index is 12.3. The van der Waals surface area contributed by atoms with Crippen molar-refractivity contribution in [2.75, 3.05) is 7.11 Å². The molecule has 1 rings (SSSR count). The Balaban J connectivity index is 3.07. The molecule has 78 valence electrons. The average Bonchev–Trinajstić information content (AvgIpc) is 2.02. The molecule has 0 atom stereocenters. The Morgan fingerprint density at radius 3 is 2.43 bits per heavy atom. The number of hydrogen-bond acceptors (Lipinski definition) is 1. The molecule has 1 nitrogen and oxygen atoms in total. The van der Waals surface area contributed by atoms with Crippen molar-refractivity contribution in [1.82, 2.24) is 0 Å². The maximum atomic E-state index is 12.3. The van der Waals surface area contributed by atoms with E-state index in [1.807, 2.05) is 22.6 Å². The van der Waals surface area contributed by atoms with Crippen LogP contribution in [0, 0.1) is 3.57 Å². The highest BCUT2D eigenvalue weighted by Crippen LogP contribution is 2.31. The molecule has 0 fully saturated rings. The molecule has 5 heteroatoms. The number of benzene rings is 1. The van der Waals surface area contributed by atoms with Crippen LogP contribution < -0.4 is 0 Å². The number of halogens is 4. The van der Waals surface area contributed by atoms with Crippen molar-refractivity contribution in [3.63, 3.8) is 0 Å². The van der Waals surface area contributed by atoms with Gasteiger partial charge in [0.1, 0.15) is 0 Å². The van der Waals surface area contributed by atoms with Gasteiger partial charge in [0.2, 0.25) is 0 Å². The minimum absolute atomic E-state index is 0.194. The summed E-state index contributed by atoms with van der Waals surface area (Å²) in [4.78, 5) is 0.